The molecule has 0 saturated carbocycles. The third-order valence-corrected chi connectivity index (χ3v) is 4.69. The summed E-state index contributed by atoms with van der Waals surface area (Å²) in [6.07, 6.45) is 1.90. The third kappa shape index (κ3) is 4.98. The normalized spacial score (nSPS) is 14.6. The van der Waals surface area contributed by atoms with Crippen LogP contribution in [-0.4, -0.2) is 33.3 Å². The van der Waals surface area contributed by atoms with Crippen LogP contribution in [0.1, 0.15) is 19.3 Å². The van der Waals surface area contributed by atoms with Crippen LogP contribution in [0, 0.1) is 0 Å². The number of rotatable bonds is 6. The summed E-state index contributed by atoms with van der Waals surface area (Å²) < 4.78 is 0.644. The van der Waals surface area contributed by atoms with Gasteiger partial charge in [0.15, 0.2) is 0 Å². The number of thiocarbonyl (C=S) groups is 1. The summed E-state index contributed by atoms with van der Waals surface area (Å²) in [7, 11) is 0. The van der Waals surface area contributed by atoms with E-state index in [1.807, 2.05) is 0 Å². The minimum Gasteiger partial charge on any atom is -0.326 e. The highest BCUT2D eigenvalue weighted by atomic mass is 35.5. The van der Waals surface area contributed by atoms with Crippen molar-refractivity contribution < 1.29 is 9.59 Å². The van der Waals surface area contributed by atoms with Gasteiger partial charge in [-0.05, 0) is 37.1 Å². The zero-order valence-corrected chi connectivity index (χ0v) is 13.7. The van der Waals surface area contributed by atoms with Crippen LogP contribution in [-0.2, 0) is 9.59 Å². The SMILES string of the molecule is O=C(CCCCN1C(=O)CSC1=S)Nc1ccc(Cl)cc1. The number of anilines is 1. The molecule has 4 nitrogen and oxygen atoms in total. The zero-order chi connectivity index (χ0) is 15.2. The summed E-state index contributed by atoms with van der Waals surface area (Å²) in [5.74, 6) is 0.466. The molecule has 112 valence electrons. The Morgan fingerprint density at radius 3 is 2.67 bits per heavy atom. The molecule has 21 heavy (non-hydrogen) atoms. The number of unbranched alkanes of at least 4 members (excludes halogenated alkanes) is 1. The molecule has 2 rings (SSSR count). The molecule has 2 amide bonds. The Morgan fingerprint density at radius 1 is 1.33 bits per heavy atom. The molecule has 1 aliphatic rings. The van der Waals surface area contributed by atoms with Crippen molar-refractivity contribution in [3.63, 3.8) is 0 Å². The summed E-state index contributed by atoms with van der Waals surface area (Å²) in [4.78, 5) is 24.9. The van der Waals surface area contributed by atoms with E-state index in [0.29, 0.717) is 28.1 Å². The Kier molecular flexibility index (Phi) is 6.02. The molecule has 0 aliphatic carbocycles. The molecule has 0 aromatic heterocycles. The monoisotopic (exact) mass is 342 g/mol. The molecule has 1 saturated heterocycles. The maximum atomic E-state index is 11.8. The van der Waals surface area contributed by atoms with Crippen LogP contribution >= 0.6 is 35.6 Å². The minimum atomic E-state index is -0.0398. The summed E-state index contributed by atoms with van der Waals surface area (Å²) >= 11 is 12.3. The fourth-order valence-electron chi connectivity index (χ4n) is 1.91. The molecule has 1 heterocycles. The van der Waals surface area contributed by atoms with Crippen molar-refractivity contribution in [2.45, 2.75) is 19.3 Å². The molecule has 1 aliphatic heterocycles. The Hall–Kier alpha value is -1.11. The largest absolute Gasteiger partial charge is 0.326 e. The molecular weight excluding hydrogens is 328 g/mol. The summed E-state index contributed by atoms with van der Waals surface area (Å²) in [5, 5.41) is 3.44. The number of thioether (sulfide) groups is 1. The first kappa shape index (κ1) is 16.3. The summed E-state index contributed by atoms with van der Waals surface area (Å²) in [6, 6.07) is 6.99. The third-order valence-electron chi connectivity index (χ3n) is 3.00. The van der Waals surface area contributed by atoms with Crippen molar-refractivity contribution in [2.75, 3.05) is 17.6 Å². The molecule has 0 spiro atoms. The number of halogens is 1. The van der Waals surface area contributed by atoms with Crippen molar-refractivity contribution >= 4 is 57.4 Å². The Labute approximate surface area is 138 Å². The molecule has 1 aromatic rings. The molecule has 0 radical (unpaired) electrons. The van der Waals surface area contributed by atoms with E-state index in [2.05, 4.69) is 5.32 Å². The van der Waals surface area contributed by atoms with E-state index in [4.69, 9.17) is 23.8 Å². The van der Waals surface area contributed by atoms with Gasteiger partial charge in [-0.1, -0.05) is 35.6 Å². The predicted octanol–water partition coefficient (Wildman–Crippen LogP) is 3.31. The van der Waals surface area contributed by atoms with E-state index in [-0.39, 0.29) is 11.8 Å². The lowest BCUT2D eigenvalue weighted by atomic mass is 10.2. The van der Waals surface area contributed by atoms with Gasteiger partial charge in [0, 0.05) is 23.7 Å². The van der Waals surface area contributed by atoms with Gasteiger partial charge in [-0.2, -0.15) is 0 Å². The quantitative estimate of drug-likeness (QED) is 0.636. The van der Waals surface area contributed by atoms with Gasteiger partial charge in [0.25, 0.3) is 0 Å². The highest BCUT2D eigenvalue weighted by Crippen LogP contribution is 2.20. The molecule has 0 bridgehead atoms. The average molecular weight is 343 g/mol. The Bertz CT molecular complexity index is 532. The topological polar surface area (TPSA) is 49.4 Å². The van der Waals surface area contributed by atoms with Crippen LogP contribution in [0.3, 0.4) is 0 Å². The van der Waals surface area contributed by atoms with Crippen molar-refractivity contribution in [2.24, 2.45) is 0 Å². The summed E-state index contributed by atoms with van der Waals surface area (Å²) in [5.41, 5.74) is 0.733. The van der Waals surface area contributed by atoms with Gasteiger partial charge in [0.05, 0.1) is 5.75 Å². The number of carbonyl (C=O) groups is 2. The smallest absolute Gasteiger partial charge is 0.238 e. The van der Waals surface area contributed by atoms with Gasteiger partial charge >= 0.3 is 0 Å². The second-order valence-corrected chi connectivity index (χ2v) is 6.66. The average Bonchev–Trinajstić information content (AvgIpc) is 2.77. The first-order valence-electron chi connectivity index (χ1n) is 6.59. The standard InChI is InChI=1S/C14H15ClN2O2S2/c15-10-4-6-11(7-5-10)16-12(18)3-1-2-8-17-13(19)9-21-14(17)20/h4-7H,1-3,8-9H2,(H,16,18). The van der Waals surface area contributed by atoms with Gasteiger partial charge in [0.1, 0.15) is 4.32 Å². The van der Waals surface area contributed by atoms with E-state index >= 15 is 0 Å². The minimum absolute atomic E-state index is 0.0398. The highest BCUT2D eigenvalue weighted by molar-refractivity contribution is 8.23. The van der Waals surface area contributed by atoms with Crippen LogP contribution in [0.5, 0.6) is 0 Å². The molecule has 1 N–H and O–H groups in total. The van der Waals surface area contributed by atoms with E-state index in [1.54, 1.807) is 29.2 Å². The molecule has 1 fully saturated rings. The number of carbonyl (C=O) groups excluding carboxylic acids is 2. The zero-order valence-electron chi connectivity index (χ0n) is 11.3. The van der Waals surface area contributed by atoms with Crippen molar-refractivity contribution in [3.05, 3.63) is 29.3 Å². The first-order valence-corrected chi connectivity index (χ1v) is 8.36. The predicted molar refractivity (Wildman–Crippen MR) is 90.7 cm³/mol. The molecular formula is C14H15ClN2O2S2. The number of nitrogens with one attached hydrogen (secondary N) is 1. The maximum Gasteiger partial charge on any atom is 0.238 e. The van der Waals surface area contributed by atoms with Crippen molar-refractivity contribution in [1.29, 1.82) is 0 Å². The van der Waals surface area contributed by atoms with Gasteiger partial charge in [-0.15, -0.1) is 0 Å². The van der Waals surface area contributed by atoms with Crippen LogP contribution in [0.4, 0.5) is 5.69 Å². The van der Waals surface area contributed by atoms with Gasteiger partial charge < -0.3 is 5.32 Å². The first-order chi connectivity index (χ1) is 10.1. The lowest BCUT2D eigenvalue weighted by molar-refractivity contribution is -0.124. The summed E-state index contributed by atoms with van der Waals surface area (Å²) in [6.45, 7) is 0.596. The van der Waals surface area contributed by atoms with Crippen LogP contribution in [0.25, 0.3) is 0 Å². The lowest BCUT2D eigenvalue weighted by Crippen LogP contribution is -2.29. The number of nitrogens with zero attached hydrogens (tertiary/aromatic N) is 1. The van der Waals surface area contributed by atoms with Gasteiger partial charge in [-0.25, -0.2) is 0 Å². The van der Waals surface area contributed by atoms with Crippen molar-refractivity contribution in [1.82, 2.24) is 4.90 Å². The van der Waals surface area contributed by atoms with Gasteiger partial charge in [-0.3, -0.25) is 14.5 Å². The number of amides is 2. The van der Waals surface area contributed by atoms with Crippen LogP contribution in [0.2, 0.25) is 5.02 Å². The highest BCUT2D eigenvalue weighted by Gasteiger charge is 2.25. The van der Waals surface area contributed by atoms with Gasteiger partial charge in [0.2, 0.25) is 11.8 Å². The number of hydrogen-bond donors (Lipinski definition) is 1. The van der Waals surface area contributed by atoms with E-state index < -0.39 is 0 Å². The second-order valence-electron chi connectivity index (χ2n) is 4.61. The molecule has 1 aromatic carbocycles. The van der Waals surface area contributed by atoms with Crippen LogP contribution in [0.15, 0.2) is 24.3 Å². The molecule has 0 unspecified atom stereocenters. The second kappa shape index (κ2) is 7.77. The fourth-order valence-corrected chi connectivity index (χ4v) is 3.16. The fraction of sp³-hybridized carbons (Fsp3) is 0.357. The van der Waals surface area contributed by atoms with E-state index in [0.717, 1.165) is 18.5 Å². The Morgan fingerprint density at radius 2 is 2.05 bits per heavy atom. The molecule has 0 atom stereocenters. The maximum absolute atomic E-state index is 11.8. The number of benzene rings is 1. The van der Waals surface area contributed by atoms with E-state index in [9.17, 15) is 9.59 Å². The molecule has 7 heteroatoms. The lowest BCUT2D eigenvalue weighted by Gasteiger charge is -2.14. The van der Waals surface area contributed by atoms with E-state index in [1.165, 1.54) is 11.8 Å². The van der Waals surface area contributed by atoms with Crippen molar-refractivity contribution in [3.8, 4) is 0 Å². The number of hydrogen-bond acceptors (Lipinski definition) is 4. The Balaban J connectivity index is 1.66. The van der Waals surface area contributed by atoms with Crippen LogP contribution < -0.4 is 5.32 Å².